The molecule has 2 aromatic carbocycles. The number of fused-ring (bicyclic) bond motifs is 4. The van der Waals surface area contributed by atoms with E-state index in [0.29, 0.717) is 57.6 Å². The van der Waals surface area contributed by atoms with E-state index >= 15 is 0 Å². The van der Waals surface area contributed by atoms with E-state index in [-0.39, 0.29) is 18.2 Å². The second-order valence-electron chi connectivity index (χ2n) is 9.19. The topological polar surface area (TPSA) is 169 Å². The normalized spacial score (nSPS) is 15.1. The van der Waals surface area contributed by atoms with Crippen molar-refractivity contribution in [2.24, 2.45) is 0 Å². The predicted molar refractivity (Wildman–Crippen MR) is 156 cm³/mol. The van der Waals surface area contributed by atoms with Crippen LogP contribution >= 0.6 is 11.6 Å². The molecule has 2 aromatic heterocycles. The number of carbonyl (C=O) groups is 3. The zero-order chi connectivity index (χ0) is 29.5. The molecule has 0 aliphatic carbocycles. The minimum Gasteiger partial charge on any atom is -0.453 e. The molecule has 14 heteroatoms. The first-order valence-electron chi connectivity index (χ1n) is 12.9. The van der Waals surface area contributed by atoms with Crippen LogP contribution in [0.5, 0.6) is 0 Å². The number of benzene rings is 2. The first kappa shape index (κ1) is 28.2. The SMILES string of the molecule is COC(=O)Nc1ccc2c(c1)NC(=O)CCC=CCC(NC(=O)C=Cc1cc(Cl)ccc1-n1cnnn1)c1nc-2c[nH]1. The molecule has 0 spiro atoms. The van der Waals surface area contributed by atoms with Crippen LogP contribution in [0.15, 0.2) is 67.2 Å². The summed E-state index contributed by atoms with van der Waals surface area (Å²) in [6, 6.07) is 9.74. The molecule has 1 aliphatic rings. The van der Waals surface area contributed by atoms with Gasteiger partial charge in [0.1, 0.15) is 12.2 Å². The van der Waals surface area contributed by atoms with Crippen LogP contribution in [-0.2, 0) is 14.3 Å². The van der Waals surface area contributed by atoms with Gasteiger partial charge in [0.25, 0.3) is 0 Å². The van der Waals surface area contributed by atoms with Crippen LogP contribution in [0.3, 0.4) is 0 Å². The fraction of sp³-hybridized carbons (Fsp3) is 0.179. The molecule has 5 rings (SSSR count). The Kier molecular flexibility index (Phi) is 8.68. The smallest absolute Gasteiger partial charge is 0.411 e. The maximum Gasteiger partial charge on any atom is 0.411 e. The Hall–Kier alpha value is -5.30. The van der Waals surface area contributed by atoms with Crippen molar-refractivity contribution in [2.45, 2.75) is 25.3 Å². The number of carbonyl (C=O) groups excluding carboxylic acids is 3. The van der Waals surface area contributed by atoms with Gasteiger partial charge in [0.15, 0.2) is 0 Å². The lowest BCUT2D eigenvalue weighted by molar-refractivity contribution is -0.117. The number of nitrogens with one attached hydrogen (secondary N) is 4. The van der Waals surface area contributed by atoms with Gasteiger partial charge in [-0.3, -0.25) is 14.9 Å². The van der Waals surface area contributed by atoms with Crippen LogP contribution < -0.4 is 16.0 Å². The molecule has 0 radical (unpaired) electrons. The molecule has 3 heterocycles. The van der Waals surface area contributed by atoms with E-state index in [0.717, 1.165) is 0 Å². The fourth-order valence-electron chi connectivity index (χ4n) is 4.31. The van der Waals surface area contributed by atoms with Gasteiger partial charge >= 0.3 is 6.09 Å². The number of hydrogen-bond donors (Lipinski definition) is 4. The highest BCUT2D eigenvalue weighted by atomic mass is 35.5. The highest BCUT2D eigenvalue weighted by molar-refractivity contribution is 6.30. The molecule has 1 aliphatic heterocycles. The average Bonchev–Trinajstić information content (AvgIpc) is 3.68. The number of methoxy groups -OCH3 is 1. The average molecular weight is 588 g/mol. The fourth-order valence-corrected chi connectivity index (χ4v) is 4.49. The van der Waals surface area contributed by atoms with Gasteiger partial charge in [-0.15, -0.1) is 5.10 Å². The van der Waals surface area contributed by atoms with E-state index in [9.17, 15) is 14.4 Å². The van der Waals surface area contributed by atoms with E-state index in [1.165, 1.54) is 24.2 Å². The number of ether oxygens (including phenoxy) is 1. The Morgan fingerprint density at radius 2 is 2.07 bits per heavy atom. The van der Waals surface area contributed by atoms with Crippen LogP contribution in [-0.4, -0.2) is 55.2 Å². The largest absolute Gasteiger partial charge is 0.453 e. The number of aromatic amines is 1. The Bertz CT molecular complexity index is 1660. The van der Waals surface area contributed by atoms with Crippen molar-refractivity contribution in [3.05, 3.63) is 83.6 Å². The van der Waals surface area contributed by atoms with Gasteiger partial charge in [0.2, 0.25) is 11.8 Å². The lowest BCUT2D eigenvalue weighted by atomic mass is 10.1. The summed E-state index contributed by atoms with van der Waals surface area (Å²) >= 11 is 6.19. The van der Waals surface area contributed by atoms with Crippen molar-refractivity contribution in [2.75, 3.05) is 17.7 Å². The molecule has 214 valence electrons. The maximum atomic E-state index is 13.1. The third-order valence-electron chi connectivity index (χ3n) is 6.32. The Morgan fingerprint density at radius 1 is 1.19 bits per heavy atom. The zero-order valence-electron chi connectivity index (χ0n) is 22.4. The number of aromatic nitrogens is 6. The molecule has 4 N–H and O–H groups in total. The van der Waals surface area contributed by atoms with Gasteiger partial charge in [0, 0.05) is 40.5 Å². The van der Waals surface area contributed by atoms with Crippen molar-refractivity contribution >= 4 is 47.0 Å². The van der Waals surface area contributed by atoms with E-state index in [1.807, 2.05) is 12.2 Å². The number of H-pyrrole nitrogens is 1. The molecule has 42 heavy (non-hydrogen) atoms. The quantitative estimate of drug-likeness (QED) is 0.196. The van der Waals surface area contributed by atoms with Gasteiger partial charge in [-0.25, -0.2) is 9.78 Å². The van der Waals surface area contributed by atoms with Gasteiger partial charge in [-0.1, -0.05) is 23.8 Å². The third kappa shape index (κ3) is 6.88. The van der Waals surface area contributed by atoms with E-state index in [1.54, 1.807) is 48.7 Å². The number of halogens is 1. The van der Waals surface area contributed by atoms with Crippen molar-refractivity contribution < 1.29 is 19.1 Å². The molecule has 2 bridgehead atoms. The minimum absolute atomic E-state index is 0.192. The van der Waals surface area contributed by atoms with Crippen LogP contribution in [0.1, 0.15) is 36.7 Å². The second-order valence-corrected chi connectivity index (χ2v) is 9.63. The monoisotopic (exact) mass is 587 g/mol. The number of anilines is 2. The molecule has 13 nitrogen and oxygen atoms in total. The van der Waals surface area contributed by atoms with E-state index in [2.05, 4.69) is 41.2 Å². The molecule has 1 unspecified atom stereocenters. The highest BCUT2D eigenvalue weighted by Crippen LogP contribution is 2.31. The standard InChI is InChI=1S/C28H26ClN9O4/c1-42-28(41)32-19-9-10-20-22(14-19)34-25(39)6-4-2-3-5-21(27-30-15-23(20)35-27)33-26(40)12-7-17-13-18(29)8-11-24(17)38-16-31-36-37-38/h2-3,7-16,21H,4-6H2,1H3,(H,30,35)(H,32,41)(H,33,40)(H,34,39). The summed E-state index contributed by atoms with van der Waals surface area (Å²) < 4.78 is 6.14. The molecule has 0 saturated heterocycles. The molecule has 1 atom stereocenters. The van der Waals surface area contributed by atoms with Gasteiger partial charge < -0.3 is 20.4 Å². The van der Waals surface area contributed by atoms with Crippen molar-refractivity contribution in [3.8, 4) is 16.9 Å². The number of allylic oxidation sites excluding steroid dienone is 1. The lowest BCUT2D eigenvalue weighted by Crippen LogP contribution is -2.27. The van der Waals surface area contributed by atoms with E-state index in [4.69, 9.17) is 16.6 Å². The van der Waals surface area contributed by atoms with E-state index < -0.39 is 12.1 Å². The highest BCUT2D eigenvalue weighted by Gasteiger charge is 2.19. The molecule has 0 fully saturated rings. The first-order valence-corrected chi connectivity index (χ1v) is 13.3. The predicted octanol–water partition coefficient (Wildman–Crippen LogP) is 4.43. The second kappa shape index (κ2) is 12.9. The summed E-state index contributed by atoms with van der Waals surface area (Å²) in [7, 11) is 1.27. The molecule has 4 aromatic rings. The Labute approximate surface area is 245 Å². The molecular weight excluding hydrogens is 562 g/mol. The van der Waals surface area contributed by atoms with Gasteiger partial charge in [-0.05, 0) is 65.7 Å². The summed E-state index contributed by atoms with van der Waals surface area (Å²) in [5.41, 5.74) is 3.40. The summed E-state index contributed by atoms with van der Waals surface area (Å²) in [4.78, 5) is 45.3. The summed E-state index contributed by atoms with van der Waals surface area (Å²) in [5.74, 6) is -0.0147. The minimum atomic E-state index is -0.632. The number of nitrogens with zero attached hydrogens (tertiary/aromatic N) is 5. The summed E-state index contributed by atoms with van der Waals surface area (Å²) in [6.07, 6.45) is 10.5. The summed E-state index contributed by atoms with van der Waals surface area (Å²) in [6.45, 7) is 0. The third-order valence-corrected chi connectivity index (χ3v) is 6.56. The molecule has 0 saturated carbocycles. The van der Waals surface area contributed by atoms with Crippen molar-refractivity contribution in [1.29, 1.82) is 0 Å². The number of imidazole rings is 1. The summed E-state index contributed by atoms with van der Waals surface area (Å²) in [5, 5.41) is 20.2. The number of tetrazole rings is 1. The number of rotatable bonds is 5. The zero-order valence-corrected chi connectivity index (χ0v) is 23.1. The van der Waals surface area contributed by atoms with Crippen LogP contribution in [0.2, 0.25) is 5.02 Å². The van der Waals surface area contributed by atoms with Gasteiger partial charge in [-0.2, -0.15) is 4.68 Å². The Morgan fingerprint density at radius 3 is 2.88 bits per heavy atom. The Balaban J connectivity index is 1.40. The van der Waals surface area contributed by atoms with Crippen LogP contribution in [0.4, 0.5) is 16.2 Å². The molecule has 3 amide bonds. The van der Waals surface area contributed by atoms with Crippen molar-refractivity contribution in [3.63, 3.8) is 0 Å². The van der Waals surface area contributed by atoms with Crippen LogP contribution in [0, 0.1) is 0 Å². The maximum absolute atomic E-state index is 13.1. The van der Waals surface area contributed by atoms with Crippen LogP contribution in [0.25, 0.3) is 23.0 Å². The first-order chi connectivity index (χ1) is 20.4. The lowest BCUT2D eigenvalue weighted by Gasteiger charge is -2.14. The molecular formula is C28H26ClN9O4. The van der Waals surface area contributed by atoms with Crippen molar-refractivity contribution in [1.82, 2.24) is 35.5 Å². The number of amides is 3. The van der Waals surface area contributed by atoms with Gasteiger partial charge in [0.05, 0.1) is 30.2 Å². The number of hydrogen-bond acceptors (Lipinski definition) is 8.